The molecule has 0 spiro atoms. The van der Waals surface area contributed by atoms with E-state index in [1.165, 1.54) is 23.3 Å². The monoisotopic (exact) mass is 586 g/mol. The number of hydrogen-bond donors (Lipinski definition) is 1. The first-order valence-electron chi connectivity index (χ1n) is 13.8. The molecule has 2 atom stereocenters. The number of rotatable bonds is 8. The number of benzene rings is 3. The molecule has 0 saturated carbocycles. The Labute approximate surface area is 246 Å². The van der Waals surface area contributed by atoms with Gasteiger partial charge in [0.15, 0.2) is 16.6 Å². The van der Waals surface area contributed by atoms with E-state index >= 15 is 0 Å². The van der Waals surface area contributed by atoms with E-state index in [0.717, 1.165) is 16.0 Å². The lowest BCUT2D eigenvalue weighted by molar-refractivity contribution is -0.132. The third kappa shape index (κ3) is 4.71. The Balaban J connectivity index is 1.53. The van der Waals surface area contributed by atoms with Crippen LogP contribution in [-0.2, 0) is 16.0 Å². The largest absolute Gasteiger partial charge is 0.507 e. The van der Waals surface area contributed by atoms with Gasteiger partial charge < -0.3 is 24.1 Å². The zero-order chi connectivity index (χ0) is 29.5. The summed E-state index contributed by atoms with van der Waals surface area (Å²) in [5, 5.41) is 12.0. The maximum Gasteiger partial charge on any atom is 0.301 e. The Morgan fingerprint density at radius 1 is 1.05 bits per heavy atom. The minimum absolute atomic E-state index is 0.0153. The van der Waals surface area contributed by atoms with Crippen molar-refractivity contribution >= 4 is 44.1 Å². The van der Waals surface area contributed by atoms with E-state index in [2.05, 4.69) is 0 Å². The molecule has 2 aliphatic heterocycles. The van der Waals surface area contributed by atoms with Gasteiger partial charge in [0.2, 0.25) is 0 Å². The fourth-order valence-corrected chi connectivity index (χ4v) is 6.47. The fraction of sp³-hybridized carbons (Fsp3) is 0.281. The summed E-state index contributed by atoms with van der Waals surface area (Å²) in [6.45, 7) is 6.69. The molecule has 4 aromatic rings. The van der Waals surface area contributed by atoms with Crippen LogP contribution >= 0.6 is 11.3 Å². The zero-order valence-electron chi connectivity index (χ0n) is 23.7. The third-order valence-electron chi connectivity index (χ3n) is 7.28. The second-order valence-corrected chi connectivity index (χ2v) is 11.0. The molecule has 0 unspecified atom stereocenters. The van der Waals surface area contributed by atoms with Gasteiger partial charge >= 0.3 is 5.91 Å². The van der Waals surface area contributed by atoms with E-state index in [0.29, 0.717) is 58.7 Å². The second kappa shape index (κ2) is 11.0. The number of fused-ring (bicyclic) bond motifs is 2. The number of carbonyl (C=O) groups excluding carboxylic acids is 2. The van der Waals surface area contributed by atoms with Crippen molar-refractivity contribution in [3.05, 3.63) is 76.9 Å². The van der Waals surface area contributed by atoms with E-state index in [9.17, 15) is 14.7 Å². The van der Waals surface area contributed by atoms with Gasteiger partial charge in [-0.2, -0.15) is 0 Å². The molecule has 10 heteroatoms. The first-order valence-corrected chi connectivity index (χ1v) is 14.6. The SMILES string of the molecule is CCOc1ccc2nc(N3C(=O)C(=O)C(=C(O)c4ccc5c(c4)C[C@@H](C)O5)[C@@H]3c3ccc(OCC)c(OC)c3)sc2c1. The van der Waals surface area contributed by atoms with Gasteiger partial charge in [0, 0.05) is 12.0 Å². The number of thiazole rings is 1. The van der Waals surface area contributed by atoms with Gasteiger partial charge in [-0.3, -0.25) is 14.5 Å². The summed E-state index contributed by atoms with van der Waals surface area (Å²) in [6, 6.07) is 15.0. The van der Waals surface area contributed by atoms with Gasteiger partial charge in [-0.15, -0.1) is 0 Å². The lowest BCUT2D eigenvalue weighted by Gasteiger charge is -2.24. The lowest BCUT2D eigenvalue weighted by atomic mass is 9.94. The summed E-state index contributed by atoms with van der Waals surface area (Å²) in [5.41, 5.74) is 2.54. The highest BCUT2D eigenvalue weighted by Crippen LogP contribution is 2.46. The van der Waals surface area contributed by atoms with Crippen LogP contribution in [0.15, 0.2) is 60.2 Å². The standard InChI is InChI=1S/C32H30N2O7S/c1-5-39-21-9-10-22-26(16-21)42-32(33-22)34-28(18-7-12-24(40-6-2)25(15-18)38-4)27(30(36)31(34)37)29(35)19-8-11-23-20(14-19)13-17(3)41-23/h7-12,14-17,28,35H,5-6,13H2,1-4H3/t17-,28+/m1/s1. The number of carbonyl (C=O) groups is 2. The average molecular weight is 587 g/mol. The number of anilines is 1. The van der Waals surface area contributed by atoms with Crippen molar-refractivity contribution in [1.82, 2.24) is 4.98 Å². The van der Waals surface area contributed by atoms with Crippen molar-refractivity contribution in [2.45, 2.75) is 39.3 Å². The molecule has 9 nitrogen and oxygen atoms in total. The summed E-state index contributed by atoms with van der Waals surface area (Å²) in [4.78, 5) is 33.5. The summed E-state index contributed by atoms with van der Waals surface area (Å²) < 4.78 is 23.5. The molecule has 3 aromatic carbocycles. The van der Waals surface area contributed by atoms with E-state index in [1.807, 2.05) is 45.0 Å². The summed E-state index contributed by atoms with van der Waals surface area (Å²) in [5.74, 6) is 0.543. The fourth-order valence-electron chi connectivity index (χ4n) is 5.45. The molecule has 0 bridgehead atoms. The van der Waals surface area contributed by atoms with Crippen LogP contribution in [0.2, 0.25) is 0 Å². The number of aromatic nitrogens is 1. The van der Waals surface area contributed by atoms with Crippen molar-refractivity contribution < 1.29 is 33.6 Å². The van der Waals surface area contributed by atoms with Crippen LogP contribution in [0.4, 0.5) is 5.13 Å². The van der Waals surface area contributed by atoms with E-state index in [4.69, 9.17) is 23.9 Å². The predicted molar refractivity (Wildman–Crippen MR) is 160 cm³/mol. The third-order valence-corrected chi connectivity index (χ3v) is 8.30. The predicted octanol–water partition coefficient (Wildman–Crippen LogP) is 6.05. The van der Waals surface area contributed by atoms with Crippen molar-refractivity contribution in [2.75, 3.05) is 25.2 Å². The molecule has 0 radical (unpaired) electrons. The minimum atomic E-state index is -0.968. The first-order chi connectivity index (χ1) is 20.3. The van der Waals surface area contributed by atoms with Gasteiger partial charge in [0.05, 0.1) is 42.2 Å². The van der Waals surface area contributed by atoms with Gasteiger partial charge in [-0.05, 0) is 80.4 Å². The van der Waals surface area contributed by atoms with E-state index in [1.54, 1.807) is 30.3 Å². The highest BCUT2D eigenvalue weighted by atomic mass is 32.1. The molecule has 42 heavy (non-hydrogen) atoms. The van der Waals surface area contributed by atoms with E-state index < -0.39 is 17.7 Å². The van der Waals surface area contributed by atoms with Crippen molar-refractivity contribution in [2.24, 2.45) is 0 Å². The van der Waals surface area contributed by atoms with Crippen LogP contribution in [0.1, 0.15) is 43.5 Å². The van der Waals surface area contributed by atoms with Gasteiger partial charge in [-0.25, -0.2) is 4.98 Å². The van der Waals surface area contributed by atoms with Crippen molar-refractivity contribution in [1.29, 1.82) is 0 Å². The zero-order valence-corrected chi connectivity index (χ0v) is 24.5. The van der Waals surface area contributed by atoms with Crippen LogP contribution in [0.3, 0.4) is 0 Å². The normalized spacial score (nSPS) is 19.2. The Morgan fingerprint density at radius 3 is 2.62 bits per heavy atom. The molecular weight excluding hydrogens is 556 g/mol. The summed E-state index contributed by atoms with van der Waals surface area (Å²) in [6.07, 6.45) is 0.696. The Morgan fingerprint density at radius 2 is 1.86 bits per heavy atom. The molecule has 0 aliphatic carbocycles. The summed E-state index contributed by atoms with van der Waals surface area (Å²) >= 11 is 1.27. The number of amides is 1. The number of ketones is 1. The molecule has 1 fully saturated rings. The van der Waals surface area contributed by atoms with Crippen LogP contribution in [0.25, 0.3) is 16.0 Å². The maximum atomic E-state index is 13.7. The minimum Gasteiger partial charge on any atom is -0.507 e. The van der Waals surface area contributed by atoms with Gasteiger partial charge in [0.1, 0.15) is 23.4 Å². The van der Waals surface area contributed by atoms with E-state index in [-0.39, 0.29) is 17.4 Å². The number of aliphatic hydroxyl groups excluding tert-OH is 1. The number of nitrogens with zero attached hydrogens (tertiary/aromatic N) is 2. The molecule has 1 amide bonds. The molecule has 6 rings (SSSR count). The smallest absolute Gasteiger partial charge is 0.301 e. The number of methoxy groups -OCH3 is 1. The van der Waals surface area contributed by atoms with Crippen LogP contribution in [-0.4, -0.2) is 48.2 Å². The van der Waals surface area contributed by atoms with Crippen LogP contribution < -0.4 is 23.8 Å². The topological polar surface area (TPSA) is 107 Å². The maximum absolute atomic E-state index is 13.7. The number of aliphatic hydroxyl groups is 1. The van der Waals surface area contributed by atoms with Crippen molar-refractivity contribution in [3.63, 3.8) is 0 Å². The number of hydrogen-bond acceptors (Lipinski definition) is 9. The van der Waals surface area contributed by atoms with Crippen LogP contribution in [0, 0.1) is 0 Å². The summed E-state index contributed by atoms with van der Waals surface area (Å²) in [7, 11) is 1.52. The molecule has 2 aliphatic rings. The highest BCUT2D eigenvalue weighted by molar-refractivity contribution is 7.22. The number of Topliss-reactive ketones (excluding diaryl/α,β-unsaturated/α-hetero) is 1. The quantitative estimate of drug-likeness (QED) is 0.151. The molecule has 216 valence electrons. The average Bonchev–Trinajstić information content (AvgIpc) is 3.65. The van der Waals surface area contributed by atoms with Crippen LogP contribution in [0.5, 0.6) is 23.0 Å². The van der Waals surface area contributed by atoms with Crippen molar-refractivity contribution in [3.8, 4) is 23.0 Å². The number of ether oxygens (including phenoxy) is 4. The molecule has 3 heterocycles. The van der Waals surface area contributed by atoms with Gasteiger partial charge in [-0.1, -0.05) is 17.4 Å². The van der Waals surface area contributed by atoms with Gasteiger partial charge in [0.25, 0.3) is 5.78 Å². The molecule has 1 saturated heterocycles. The molecule has 1 aromatic heterocycles. The Kier molecular flexibility index (Phi) is 7.24. The highest BCUT2D eigenvalue weighted by Gasteiger charge is 2.48. The Bertz CT molecular complexity index is 1740. The first kappa shape index (κ1) is 27.6. The Hall–Kier alpha value is -4.57. The second-order valence-electron chi connectivity index (χ2n) is 10.0. The molecular formula is C32H30N2O7S. The molecule has 1 N–H and O–H groups in total. The lowest BCUT2D eigenvalue weighted by Crippen LogP contribution is -2.29.